The van der Waals surface area contributed by atoms with Crippen LogP contribution in [-0.2, 0) is 0 Å². The van der Waals surface area contributed by atoms with Gasteiger partial charge in [0.15, 0.2) is 0 Å². The number of hydrogen-bond donors (Lipinski definition) is 2. The Morgan fingerprint density at radius 3 is 2.95 bits per heavy atom. The standard InChI is InChI=1S/C14H22ClN3OS/c1-4-5-16-13-6-11(12(15)8-17-13)14(19)18-7-10(2)9-20-3/h6,8,10H,4-5,7,9H2,1-3H3,(H,16,17)(H,18,19). The van der Waals surface area contributed by atoms with E-state index in [0.717, 1.165) is 18.7 Å². The number of aromatic nitrogens is 1. The Balaban J connectivity index is 2.66. The van der Waals surface area contributed by atoms with Crippen LogP contribution in [0.25, 0.3) is 0 Å². The summed E-state index contributed by atoms with van der Waals surface area (Å²) in [4.78, 5) is 16.3. The normalized spacial score (nSPS) is 12.0. The largest absolute Gasteiger partial charge is 0.370 e. The molecule has 0 aliphatic carbocycles. The molecule has 0 fully saturated rings. The molecule has 1 heterocycles. The van der Waals surface area contributed by atoms with Crippen molar-refractivity contribution in [3.63, 3.8) is 0 Å². The fraction of sp³-hybridized carbons (Fsp3) is 0.571. The number of carbonyl (C=O) groups excluding carboxylic acids is 1. The summed E-state index contributed by atoms with van der Waals surface area (Å²) in [6.45, 7) is 5.65. The highest BCUT2D eigenvalue weighted by molar-refractivity contribution is 7.98. The summed E-state index contributed by atoms with van der Waals surface area (Å²) in [7, 11) is 0. The van der Waals surface area contributed by atoms with Gasteiger partial charge in [0, 0.05) is 19.3 Å². The number of anilines is 1. The first-order valence-electron chi connectivity index (χ1n) is 6.75. The Labute approximate surface area is 130 Å². The summed E-state index contributed by atoms with van der Waals surface area (Å²) in [6, 6.07) is 1.70. The van der Waals surface area contributed by atoms with Crippen LogP contribution in [0.15, 0.2) is 12.3 Å². The second-order valence-electron chi connectivity index (χ2n) is 4.75. The molecule has 20 heavy (non-hydrogen) atoms. The van der Waals surface area contributed by atoms with E-state index in [1.54, 1.807) is 17.8 Å². The monoisotopic (exact) mass is 315 g/mol. The molecule has 0 saturated carbocycles. The van der Waals surface area contributed by atoms with Crippen molar-refractivity contribution in [1.82, 2.24) is 10.3 Å². The number of amides is 1. The molecule has 1 aromatic rings. The summed E-state index contributed by atoms with van der Waals surface area (Å²) in [5.74, 6) is 1.99. The number of rotatable bonds is 8. The molecule has 6 heteroatoms. The van der Waals surface area contributed by atoms with Gasteiger partial charge in [-0.1, -0.05) is 25.4 Å². The van der Waals surface area contributed by atoms with Crippen molar-refractivity contribution in [2.24, 2.45) is 5.92 Å². The Morgan fingerprint density at radius 1 is 1.55 bits per heavy atom. The molecule has 1 amide bonds. The molecule has 0 aromatic carbocycles. The summed E-state index contributed by atoms with van der Waals surface area (Å²) >= 11 is 7.82. The van der Waals surface area contributed by atoms with Crippen molar-refractivity contribution in [2.75, 3.05) is 30.4 Å². The van der Waals surface area contributed by atoms with Crippen molar-refractivity contribution in [3.8, 4) is 0 Å². The molecule has 2 N–H and O–H groups in total. The van der Waals surface area contributed by atoms with Crippen LogP contribution in [0, 0.1) is 5.92 Å². The first kappa shape index (κ1) is 17.1. The zero-order chi connectivity index (χ0) is 15.0. The number of hydrogen-bond acceptors (Lipinski definition) is 4. The van der Waals surface area contributed by atoms with Gasteiger partial charge >= 0.3 is 0 Å². The molecule has 0 spiro atoms. The zero-order valence-electron chi connectivity index (χ0n) is 12.2. The molecule has 1 aromatic heterocycles. The summed E-state index contributed by atoms with van der Waals surface area (Å²) in [5, 5.41) is 6.44. The maximum Gasteiger partial charge on any atom is 0.253 e. The van der Waals surface area contributed by atoms with Crippen LogP contribution in [0.1, 0.15) is 30.6 Å². The number of nitrogens with one attached hydrogen (secondary N) is 2. The van der Waals surface area contributed by atoms with Gasteiger partial charge in [-0.15, -0.1) is 0 Å². The summed E-state index contributed by atoms with van der Waals surface area (Å²) < 4.78 is 0. The molecule has 1 atom stereocenters. The van der Waals surface area contributed by atoms with E-state index in [-0.39, 0.29) is 5.91 Å². The third kappa shape index (κ3) is 5.59. The Bertz CT molecular complexity index is 442. The molecule has 0 aliphatic heterocycles. The minimum Gasteiger partial charge on any atom is -0.370 e. The van der Waals surface area contributed by atoms with Gasteiger partial charge in [0.25, 0.3) is 5.91 Å². The van der Waals surface area contributed by atoms with Crippen molar-refractivity contribution < 1.29 is 4.79 Å². The van der Waals surface area contributed by atoms with Gasteiger partial charge in [0.1, 0.15) is 5.82 Å². The van der Waals surface area contributed by atoms with Crippen LogP contribution < -0.4 is 10.6 Å². The average Bonchev–Trinajstić information content (AvgIpc) is 2.44. The van der Waals surface area contributed by atoms with Gasteiger partial charge in [0.05, 0.1) is 10.6 Å². The predicted molar refractivity (Wildman–Crippen MR) is 87.9 cm³/mol. The first-order valence-corrected chi connectivity index (χ1v) is 8.52. The number of halogens is 1. The van der Waals surface area contributed by atoms with Gasteiger partial charge in [0.2, 0.25) is 0 Å². The lowest BCUT2D eigenvalue weighted by Gasteiger charge is -2.12. The average molecular weight is 316 g/mol. The predicted octanol–water partition coefficient (Wildman–Crippen LogP) is 3.29. The van der Waals surface area contributed by atoms with Crippen LogP contribution in [0.2, 0.25) is 5.02 Å². The number of carbonyl (C=O) groups is 1. The topological polar surface area (TPSA) is 54.0 Å². The third-order valence-corrected chi connectivity index (χ3v) is 3.92. The Kier molecular flexibility index (Phi) is 7.77. The molecule has 112 valence electrons. The summed E-state index contributed by atoms with van der Waals surface area (Å²) in [6.07, 6.45) is 4.57. The molecule has 0 saturated heterocycles. The van der Waals surface area contributed by atoms with E-state index >= 15 is 0 Å². The second-order valence-corrected chi connectivity index (χ2v) is 6.06. The minimum atomic E-state index is -0.148. The van der Waals surface area contributed by atoms with E-state index in [1.165, 1.54) is 6.20 Å². The first-order chi connectivity index (χ1) is 9.58. The molecule has 0 bridgehead atoms. The number of thioether (sulfide) groups is 1. The fourth-order valence-corrected chi connectivity index (χ4v) is 2.54. The number of nitrogens with zero attached hydrogens (tertiary/aromatic N) is 1. The van der Waals surface area contributed by atoms with Crippen LogP contribution in [0.3, 0.4) is 0 Å². The highest BCUT2D eigenvalue weighted by atomic mass is 35.5. The number of pyridine rings is 1. The summed E-state index contributed by atoms with van der Waals surface area (Å²) in [5.41, 5.74) is 0.469. The van der Waals surface area contributed by atoms with Crippen LogP contribution >= 0.6 is 23.4 Å². The van der Waals surface area contributed by atoms with E-state index < -0.39 is 0 Å². The van der Waals surface area contributed by atoms with Gasteiger partial charge in [-0.3, -0.25) is 4.79 Å². The van der Waals surface area contributed by atoms with Crippen molar-refractivity contribution >= 4 is 35.1 Å². The molecule has 0 radical (unpaired) electrons. The molecule has 1 rings (SSSR count). The van der Waals surface area contributed by atoms with Crippen molar-refractivity contribution in [1.29, 1.82) is 0 Å². The van der Waals surface area contributed by atoms with Crippen molar-refractivity contribution in [3.05, 3.63) is 22.8 Å². The SMILES string of the molecule is CCCNc1cc(C(=O)NCC(C)CSC)c(Cl)cn1. The van der Waals surface area contributed by atoms with E-state index in [4.69, 9.17) is 11.6 Å². The maximum absolute atomic E-state index is 12.1. The van der Waals surface area contributed by atoms with Gasteiger partial charge in [-0.25, -0.2) is 4.98 Å². The van der Waals surface area contributed by atoms with Crippen LogP contribution in [-0.4, -0.2) is 36.0 Å². The van der Waals surface area contributed by atoms with Gasteiger partial charge < -0.3 is 10.6 Å². The lowest BCUT2D eigenvalue weighted by molar-refractivity contribution is 0.0949. The Morgan fingerprint density at radius 2 is 2.30 bits per heavy atom. The Hall–Kier alpha value is -0.940. The van der Waals surface area contributed by atoms with E-state index in [1.807, 2.05) is 0 Å². The van der Waals surface area contributed by atoms with Crippen LogP contribution in [0.4, 0.5) is 5.82 Å². The highest BCUT2D eigenvalue weighted by Crippen LogP contribution is 2.18. The van der Waals surface area contributed by atoms with E-state index in [9.17, 15) is 4.79 Å². The quantitative estimate of drug-likeness (QED) is 0.773. The third-order valence-electron chi connectivity index (χ3n) is 2.72. The second kappa shape index (κ2) is 9.08. The minimum absolute atomic E-state index is 0.148. The lowest BCUT2D eigenvalue weighted by atomic mass is 10.2. The molecular formula is C14H22ClN3OS. The smallest absolute Gasteiger partial charge is 0.253 e. The molecule has 4 nitrogen and oxygen atoms in total. The van der Waals surface area contributed by atoms with Gasteiger partial charge in [-0.2, -0.15) is 11.8 Å². The maximum atomic E-state index is 12.1. The van der Waals surface area contributed by atoms with Crippen LogP contribution in [0.5, 0.6) is 0 Å². The molecular weight excluding hydrogens is 294 g/mol. The fourth-order valence-electron chi connectivity index (χ4n) is 1.67. The molecule has 0 aliphatic rings. The lowest BCUT2D eigenvalue weighted by Crippen LogP contribution is -2.29. The van der Waals surface area contributed by atoms with Crippen molar-refractivity contribution in [2.45, 2.75) is 20.3 Å². The molecule has 1 unspecified atom stereocenters. The van der Waals surface area contributed by atoms with E-state index in [2.05, 4.69) is 35.7 Å². The zero-order valence-corrected chi connectivity index (χ0v) is 13.8. The highest BCUT2D eigenvalue weighted by Gasteiger charge is 2.13. The van der Waals surface area contributed by atoms with E-state index in [0.29, 0.717) is 28.9 Å². The van der Waals surface area contributed by atoms with Gasteiger partial charge in [-0.05, 0) is 30.4 Å².